The van der Waals surface area contributed by atoms with Crippen LogP contribution in [0.25, 0.3) is 0 Å². The van der Waals surface area contributed by atoms with E-state index in [9.17, 15) is 13.2 Å². The number of halogens is 3. The number of nitrogens with zero attached hydrogens (tertiary/aromatic N) is 2. The van der Waals surface area contributed by atoms with E-state index in [1.807, 2.05) is 0 Å². The summed E-state index contributed by atoms with van der Waals surface area (Å²) in [6.07, 6.45) is 0.494. The second-order valence-corrected chi connectivity index (χ2v) is 3.48. The third kappa shape index (κ3) is 2.00. The quantitative estimate of drug-likeness (QED) is 0.718. The predicted octanol–water partition coefficient (Wildman–Crippen LogP) is 3.11. The number of benzene rings is 1. The van der Waals surface area contributed by atoms with E-state index in [2.05, 4.69) is 9.98 Å². The Kier molecular flexibility index (Phi) is 2.83. The Morgan fingerprint density at radius 3 is 1.88 bits per heavy atom. The van der Waals surface area contributed by atoms with Gasteiger partial charge in [-0.1, -0.05) is 30.3 Å². The Bertz CT molecular complexity index is 456. The zero-order valence-corrected chi connectivity index (χ0v) is 8.72. The van der Waals surface area contributed by atoms with Crippen molar-refractivity contribution in [1.29, 1.82) is 0 Å². The summed E-state index contributed by atoms with van der Waals surface area (Å²) in [7, 11) is 0. The molecule has 2 rings (SSSR count). The van der Waals surface area contributed by atoms with Crippen LogP contribution in [0.1, 0.15) is 5.56 Å². The molecule has 0 unspecified atom stereocenters. The number of hydrogen-bond donors (Lipinski definition) is 0. The molecule has 0 N–H and O–H groups in total. The van der Waals surface area contributed by atoms with Crippen molar-refractivity contribution in [2.24, 2.45) is 9.98 Å². The molecule has 0 fully saturated rings. The fourth-order valence-corrected chi connectivity index (χ4v) is 1.56. The van der Waals surface area contributed by atoms with Crippen molar-refractivity contribution in [2.45, 2.75) is 11.8 Å². The van der Waals surface area contributed by atoms with Crippen molar-refractivity contribution >= 4 is 12.4 Å². The first-order chi connectivity index (χ1) is 8.06. The minimum absolute atomic E-state index is 0.00343. The van der Waals surface area contributed by atoms with Crippen molar-refractivity contribution in [2.75, 3.05) is 0 Å². The van der Waals surface area contributed by atoms with Gasteiger partial charge in [0.05, 0.1) is 0 Å². The van der Waals surface area contributed by atoms with E-state index in [-0.39, 0.29) is 5.56 Å². The molecule has 0 radical (unpaired) electrons. The van der Waals surface area contributed by atoms with Crippen molar-refractivity contribution in [3.05, 3.63) is 48.0 Å². The minimum Gasteiger partial charge on any atom is -0.250 e. The molecule has 17 heavy (non-hydrogen) atoms. The lowest BCUT2D eigenvalue weighted by atomic mass is 10.00. The summed E-state index contributed by atoms with van der Waals surface area (Å²) in [4.78, 5) is 7.12. The van der Waals surface area contributed by atoms with Gasteiger partial charge in [-0.15, -0.1) is 0 Å². The van der Waals surface area contributed by atoms with Crippen LogP contribution in [0.4, 0.5) is 13.2 Å². The van der Waals surface area contributed by atoms with E-state index in [1.54, 1.807) is 6.07 Å². The van der Waals surface area contributed by atoms with E-state index in [1.165, 1.54) is 36.4 Å². The Morgan fingerprint density at radius 2 is 1.41 bits per heavy atom. The van der Waals surface area contributed by atoms with Crippen LogP contribution < -0.4 is 0 Å². The molecule has 0 atom stereocenters. The second kappa shape index (κ2) is 4.16. The molecule has 0 bridgehead atoms. The molecular weight excluding hydrogens is 229 g/mol. The minimum atomic E-state index is -4.58. The summed E-state index contributed by atoms with van der Waals surface area (Å²) < 4.78 is 39.6. The SMILES string of the molecule is FC(F)(F)C1(c2ccccc2)N=CC=CC=N1. The molecule has 0 saturated carbocycles. The lowest BCUT2D eigenvalue weighted by Crippen LogP contribution is -2.39. The van der Waals surface area contributed by atoms with E-state index >= 15 is 0 Å². The van der Waals surface area contributed by atoms with Gasteiger partial charge < -0.3 is 0 Å². The average Bonchev–Trinajstić information content (AvgIpc) is 2.55. The summed E-state index contributed by atoms with van der Waals surface area (Å²) in [6, 6.07) is 7.45. The van der Waals surface area contributed by atoms with E-state index in [0.29, 0.717) is 0 Å². The zero-order chi connectivity index (χ0) is 12.4. The molecular formula is C12H9F3N2. The van der Waals surface area contributed by atoms with Crippen molar-refractivity contribution in [3.8, 4) is 0 Å². The van der Waals surface area contributed by atoms with Crippen LogP contribution >= 0.6 is 0 Å². The van der Waals surface area contributed by atoms with Gasteiger partial charge in [-0.05, 0) is 12.2 Å². The highest BCUT2D eigenvalue weighted by molar-refractivity contribution is 5.83. The fourth-order valence-electron chi connectivity index (χ4n) is 1.56. The molecule has 1 aliphatic heterocycles. The normalized spacial score (nSPS) is 18.1. The van der Waals surface area contributed by atoms with Crippen LogP contribution in [-0.4, -0.2) is 18.6 Å². The van der Waals surface area contributed by atoms with Crippen molar-refractivity contribution < 1.29 is 13.2 Å². The second-order valence-electron chi connectivity index (χ2n) is 3.48. The first-order valence-corrected chi connectivity index (χ1v) is 4.94. The number of hydrogen-bond acceptors (Lipinski definition) is 2. The highest BCUT2D eigenvalue weighted by atomic mass is 19.4. The molecule has 88 valence electrons. The Morgan fingerprint density at radius 1 is 0.882 bits per heavy atom. The maximum Gasteiger partial charge on any atom is 0.438 e. The first kappa shape index (κ1) is 11.6. The van der Waals surface area contributed by atoms with Gasteiger partial charge in [0, 0.05) is 18.0 Å². The molecule has 5 heteroatoms. The van der Waals surface area contributed by atoms with Gasteiger partial charge in [0.2, 0.25) is 0 Å². The summed E-state index contributed by atoms with van der Waals surface area (Å²) in [5, 5.41) is 0. The smallest absolute Gasteiger partial charge is 0.250 e. The third-order valence-electron chi connectivity index (χ3n) is 2.38. The van der Waals surface area contributed by atoms with Crippen LogP contribution in [0.15, 0.2) is 52.5 Å². The van der Waals surface area contributed by atoms with Gasteiger partial charge in [0.25, 0.3) is 5.66 Å². The maximum absolute atomic E-state index is 13.2. The lowest BCUT2D eigenvalue weighted by Gasteiger charge is -2.27. The van der Waals surface area contributed by atoms with Gasteiger partial charge in [-0.2, -0.15) is 13.2 Å². The van der Waals surface area contributed by atoms with E-state index in [0.717, 1.165) is 12.4 Å². The standard InChI is InChI=1S/C12H9F3N2/c13-12(14,15)11(10-6-2-1-3-7-10)16-8-4-5-9-17-11/h1-9H. The summed E-state index contributed by atoms with van der Waals surface area (Å²) in [6.45, 7) is 0. The Hall–Kier alpha value is -1.91. The molecule has 0 saturated heterocycles. The maximum atomic E-state index is 13.2. The molecule has 0 aliphatic carbocycles. The monoisotopic (exact) mass is 238 g/mol. The van der Waals surface area contributed by atoms with Gasteiger partial charge in [-0.25, -0.2) is 0 Å². The van der Waals surface area contributed by atoms with E-state index in [4.69, 9.17) is 0 Å². The Labute approximate surface area is 96.2 Å². The zero-order valence-electron chi connectivity index (χ0n) is 8.72. The lowest BCUT2D eigenvalue weighted by molar-refractivity contribution is -0.185. The van der Waals surface area contributed by atoms with Crippen molar-refractivity contribution in [3.63, 3.8) is 0 Å². The molecule has 0 amide bonds. The molecule has 2 nitrogen and oxygen atoms in total. The van der Waals surface area contributed by atoms with Crippen molar-refractivity contribution in [1.82, 2.24) is 0 Å². The molecule has 0 aromatic heterocycles. The summed E-state index contributed by atoms with van der Waals surface area (Å²) in [5.74, 6) is 0. The first-order valence-electron chi connectivity index (χ1n) is 4.94. The topological polar surface area (TPSA) is 24.7 Å². The summed E-state index contributed by atoms with van der Waals surface area (Å²) in [5.41, 5.74) is -2.53. The molecule has 1 aliphatic rings. The molecule has 1 heterocycles. The number of alkyl halides is 3. The van der Waals surface area contributed by atoms with Gasteiger partial charge in [-0.3, -0.25) is 9.98 Å². The van der Waals surface area contributed by atoms with Gasteiger partial charge in [0.15, 0.2) is 0 Å². The van der Waals surface area contributed by atoms with Gasteiger partial charge >= 0.3 is 6.18 Å². The predicted molar refractivity (Wildman–Crippen MR) is 60.3 cm³/mol. The van der Waals surface area contributed by atoms with E-state index < -0.39 is 11.8 Å². The highest BCUT2D eigenvalue weighted by Crippen LogP contribution is 2.43. The number of aliphatic imine (C=N–C) groups is 2. The fraction of sp³-hybridized carbons (Fsp3) is 0.167. The van der Waals surface area contributed by atoms with Gasteiger partial charge in [0.1, 0.15) is 0 Å². The third-order valence-corrected chi connectivity index (χ3v) is 2.38. The molecule has 1 aromatic carbocycles. The number of allylic oxidation sites excluding steroid dienone is 2. The highest BCUT2D eigenvalue weighted by Gasteiger charge is 2.56. The summed E-state index contributed by atoms with van der Waals surface area (Å²) >= 11 is 0. The Balaban J connectivity index is 2.61. The molecule has 1 aromatic rings. The average molecular weight is 238 g/mol. The van der Waals surface area contributed by atoms with Crippen LogP contribution in [0, 0.1) is 0 Å². The van der Waals surface area contributed by atoms with Crippen LogP contribution in [0.2, 0.25) is 0 Å². The number of rotatable bonds is 1. The molecule has 0 spiro atoms. The van der Waals surface area contributed by atoms with Crippen LogP contribution in [0.3, 0.4) is 0 Å². The van der Waals surface area contributed by atoms with Crippen LogP contribution in [-0.2, 0) is 5.66 Å². The largest absolute Gasteiger partial charge is 0.438 e. The van der Waals surface area contributed by atoms with Crippen LogP contribution in [0.5, 0.6) is 0 Å².